The molecule has 5 aromatic rings. The lowest BCUT2D eigenvalue weighted by Crippen LogP contribution is -2.48. The molecule has 3 aromatic carbocycles. The lowest BCUT2D eigenvalue weighted by molar-refractivity contribution is -0.138. The average molecular weight is 799 g/mol. The van der Waals surface area contributed by atoms with Crippen molar-refractivity contribution in [3.05, 3.63) is 90.9 Å². The van der Waals surface area contributed by atoms with E-state index < -0.39 is 45.3 Å². The van der Waals surface area contributed by atoms with E-state index in [9.17, 15) is 32.2 Å². The Hall–Kier alpha value is -4.86. The van der Waals surface area contributed by atoms with E-state index in [2.05, 4.69) is 35.1 Å². The minimum absolute atomic E-state index is 0.176. The largest absolute Gasteiger partial charge is 0.480 e. The van der Waals surface area contributed by atoms with Crippen LogP contribution in [0.2, 0.25) is 0 Å². The summed E-state index contributed by atoms with van der Waals surface area (Å²) in [5.74, 6) is -1.36. The van der Waals surface area contributed by atoms with E-state index in [1.165, 1.54) is 12.1 Å². The quantitative estimate of drug-likeness (QED) is 0.0434. The summed E-state index contributed by atoms with van der Waals surface area (Å²) >= 11 is 0. The van der Waals surface area contributed by atoms with Crippen LogP contribution in [0.3, 0.4) is 0 Å². The molecule has 8 N–H and O–H groups in total. The summed E-state index contributed by atoms with van der Waals surface area (Å²) in [6.07, 6.45) is 6.38. The van der Waals surface area contributed by atoms with E-state index in [0.29, 0.717) is 74.5 Å². The highest BCUT2D eigenvalue weighted by Gasteiger charge is 2.26. The van der Waals surface area contributed by atoms with Crippen molar-refractivity contribution in [3.63, 3.8) is 0 Å². The number of hydrogen-bond acceptors (Lipinski definition) is 12. The van der Waals surface area contributed by atoms with Crippen LogP contribution in [-0.2, 0) is 30.8 Å². The van der Waals surface area contributed by atoms with Crippen molar-refractivity contribution in [2.75, 3.05) is 51.4 Å². The topological polar surface area (TPSA) is 242 Å². The molecule has 0 spiro atoms. The molecule has 2 aromatic heterocycles. The zero-order chi connectivity index (χ0) is 39.3. The number of ether oxygens (including phenoxy) is 2. The Balaban J connectivity index is 1.11. The zero-order valence-corrected chi connectivity index (χ0v) is 31.8. The monoisotopic (exact) mass is 798 g/mol. The van der Waals surface area contributed by atoms with Gasteiger partial charge in [0.2, 0.25) is 10.0 Å². The number of hydrogen-bond donors (Lipinski definition) is 8. The first-order valence-corrected chi connectivity index (χ1v) is 20.6. The summed E-state index contributed by atoms with van der Waals surface area (Å²) in [4.78, 5) is 32.2. The summed E-state index contributed by atoms with van der Waals surface area (Å²) in [6, 6.07) is 15.6. The lowest BCUT2D eigenvalue weighted by atomic mass is 10.1. The van der Waals surface area contributed by atoms with E-state index in [1.807, 2.05) is 11.6 Å². The van der Waals surface area contributed by atoms with Crippen LogP contribution in [0.5, 0.6) is 0 Å². The molecule has 0 saturated carbocycles. The van der Waals surface area contributed by atoms with Gasteiger partial charge in [0.1, 0.15) is 6.04 Å². The number of aliphatic carboxylic acids is 1. The van der Waals surface area contributed by atoms with Crippen molar-refractivity contribution < 1.29 is 41.7 Å². The number of aromatic amines is 1. The van der Waals surface area contributed by atoms with Crippen LogP contribution in [-0.4, -0.2) is 106 Å². The average Bonchev–Trinajstić information content (AvgIpc) is 3.86. The second-order valence-electron chi connectivity index (χ2n) is 12.2. The van der Waals surface area contributed by atoms with Crippen LogP contribution in [0, 0.1) is 0 Å². The third-order valence-corrected chi connectivity index (χ3v) is 11.4. The molecule has 55 heavy (non-hydrogen) atoms. The fourth-order valence-corrected chi connectivity index (χ4v) is 7.74. The molecule has 17 nitrogen and oxygen atoms in total. The molecule has 0 bridgehead atoms. The van der Waals surface area contributed by atoms with Gasteiger partial charge in [-0.15, -0.1) is 10.8 Å². The maximum atomic E-state index is 13.2. The Morgan fingerprint density at radius 3 is 2.29 bits per heavy atom. The fraction of sp³-hybridized carbons (Fsp3) is 0.333. The number of carbonyl (C=O) groups is 2. The Morgan fingerprint density at radius 1 is 0.909 bits per heavy atom. The number of fused-ring (bicyclic) bond motifs is 1. The van der Waals surface area contributed by atoms with Crippen LogP contribution >= 0.6 is 10.8 Å². The summed E-state index contributed by atoms with van der Waals surface area (Å²) in [6.45, 7) is 5.08. The van der Waals surface area contributed by atoms with Crippen molar-refractivity contribution in [3.8, 4) is 11.1 Å². The number of nitrogens with one attached hydrogen (secondary N) is 5. The minimum Gasteiger partial charge on any atom is -0.480 e. The van der Waals surface area contributed by atoms with E-state index in [0.717, 1.165) is 17.3 Å². The van der Waals surface area contributed by atoms with E-state index >= 15 is 0 Å². The second-order valence-corrected chi connectivity index (χ2v) is 15.8. The molecule has 5 rings (SSSR count). The Bertz CT molecular complexity index is 2090. The smallest absolute Gasteiger partial charge is 0.323 e. The number of rotatable bonds is 23. The number of aromatic nitrogens is 4. The van der Waals surface area contributed by atoms with E-state index in [4.69, 9.17) is 9.47 Å². The number of carboxylic acid groups (broad SMARTS) is 1. The number of carbonyl (C=O) groups excluding carboxylic acids is 1. The molecular weight excluding hydrogens is 753 g/mol. The first-order chi connectivity index (χ1) is 26.5. The standard InChI is InChI=1S/C36H46N8O9S2/c1-2-52-21-22-53-20-4-16-42-54(48,49)30-10-5-26(6-11-30)27-7-12-31(13-8-27)55(50,51)43-32(35(46)47)25-40-34(45)28-9-14-33-29(23-28)24-41-44(33)19-3-15-37-36-38-17-18-39-36/h5-14,17-18,23-24,32,42-43,48-49H,2-4,15-16,19-22,25H2,1H3,(H,40,45)(H,46,47)(H2,37,38,39). The van der Waals surface area contributed by atoms with Crippen molar-refractivity contribution in [1.29, 1.82) is 0 Å². The van der Waals surface area contributed by atoms with Gasteiger partial charge in [0.05, 0.1) is 34.7 Å². The van der Waals surface area contributed by atoms with Gasteiger partial charge in [0.15, 0.2) is 5.95 Å². The normalized spacial score (nSPS) is 12.8. The molecular formula is C36H46N8O9S2. The van der Waals surface area contributed by atoms with Crippen LogP contribution < -0.4 is 20.1 Å². The summed E-state index contributed by atoms with van der Waals surface area (Å²) in [5.41, 5.74) is 2.42. The maximum absolute atomic E-state index is 13.2. The van der Waals surface area contributed by atoms with Gasteiger partial charge >= 0.3 is 5.97 Å². The molecule has 0 fully saturated rings. The van der Waals surface area contributed by atoms with Gasteiger partial charge in [-0.2, -0.15) is 9.82 Å². The lowest BCUT2D eigenvalue weighted by Gasteiger charge is -2.33. The number of sulfonamides is 1. The van der Waals surface area contributed by atoms with Gasteiger partial charge in [-0.1, -0.05) is 24.3 Å². The molecule has 1 unspecified atom stereocenters. The van der Waals surface area contributed by atoms with Gasteiger partial charge in [-0.05, 0) is 73.4 Å². The Morgan fingerprint density at radius 2 is 1.62 bits per heavy atom. The molecule has 0 aliphatic heterocycles. The van der Waals surface area contributed by atoms with Crippen LogP contribution in [0.25, 0.3) is 22.0 Å². The summed E-state index contributed by atoms with van der Waals surface area (Å²) in [7, 11) is -7.55. The molecule has 0 radical (unpaired) electrons. The number of aryl methyl sites for hydroxylation is 1. The van der Waals surface area contributed by atoms with Crippen molar-refractivity contribution in [2.45, 2.75) is 42.1 Å². The molecule has 0 aliphatic rings. The number of nitrogens with zero attached hydrogens (tertiary/aromatic N) is 3. The summed E-state index contributed by atoms with van der Waals surface area (Å²) < 4.78 is 64.9. The van der Waals surface area contributed by atoms with Crippen molar-refractivity contribution in [1.82, 2.24) is 34.5 Å². The predicted molar refractivity (Wildman–Crippen MR) is 208 cm³/mol. The first kappa shape index (κ1) is 41.3. The SMILES string of the molecule is CCOCCOCCCNS(O)(O)c1ccc(-c2ccc(S(=O)(=O)NC(CNC(=O)c3ccc4c(cnn4CCCNc4ncc[nH]4)c3)C(=O)O)cc2)cc1. The van der Waals surface area contributed by atoms with Gasteiger partial charge in [0, 0.05) is 62.7 Å². The van der Waals surface area contributed by atoms with Gasteiger partial charge in [-0.25, -0.2) is 18.1 Å². The van der Waals surface area contributed by atoms with Crippen LogP contribution in [0.1, 0.15) is 30.1 Å². The van der Waals surface area contributed by atoms with Crippen molar-refractivity contribution >= 4 is 49.5 Å². The molecule has 1 amide bonds. The first-order valence-electron chi connectivity index (χ1n) is 17.6. The predicted octanol–water partition coefficient (Wildman–Crippen LogP) is 4.15. The van der Waals surface area contributed by atoms with E-state index in [1.54, 1.807) is 73.2 Å². The fourth-order valence-electron chi connectivity index (χ4n) is 5.44. The number of H-pyrrole nitrogens is 1. The molecule has 0 aliphatic carbocycles. The molecule has 296 valence electrons. The van der Waals surface area contributed by atoms with Gasteiger partial charge in [-0.3, -0.25) is 23.4 Å². The number of imidazole rings is 1. The second kappa shape index (κ2) is 19.6. The van der Waals surface area contributed by atoms with Crippen LogP contribution in [0.15, 0.2) is 95.1 Å². The van der Waals surface area contributed by atoms with Gasteiger partial charge in [0.25, 0.3) is 5.91 Å². The Kier molecular flexibility index (Phi) is 14.8. The Labute approximate surface area is 320 Å². The molecule has 2 heterocycles. The third kappa shape index (κ3) is 11.8. The van der Waals surface area contributed by atoms with Gasteiger partial charge < -0.3 is 30.2 Å². The highest BCUT2D eigenvalue weighted by atomic mass is 32.3. The van der Waals surface area contributed by atoms with Crippen molar-refractivity contribution in [2.24, 2.45) is 0 Å². The maximum Gasteiger partial charge on any atom is 0.323 e. The zero-order valence-electron chi connectivity index (χ0n) is 30.2. The number of anilines is 1. The number of benzene rings is 3. The molecule has 0 saturated heterocycles. The van der Waals surface area contributed by atoms with Crippen LogP contribution in [0.4, 0.5) is 5.95 Å². The highest BCUT2D eigenvalue weighted by Crippen LogP contribution is 2.44. The minimum atomic E-state index is -4.30. The molecule has 19 heteroatoms. The molecule has 1 atom stereocenters. The number of carboxylic acids is 1. The highest BCUT2D eigenvalue weighted by molar-refractivity contribution is 8.22. The summed E-state index contributed by atoms with van der Waals surface area (Å²) in [5, 5.41) is 20.6. The number of amides is 1. The van der Waals surface area contributed by atoms with E-state index in [-0.39, 0.29) is 10.5 Å². The third-order valence-electron chi connectivity index (χ3n) is 8.33.